The zero-order chi connectivity index (χ0) is 21.5. The van der Waals surface area contributed by atoms with Gasteiger partial charge in [0.1, 0.15) is 5.75 Å². The van der Waals surface area contributed by atoms with Crippen molar-refractivity contribution in [3.63, 3.8) is 0 Å². The van der Waals surface area contributed by atoms with Gasteiger partial charge in [-0.1, -0.05) is 6.07 Å². The van der Waals surface area contributed by atoms with Gasteiger partial charge in [0.05, 0.1) is 17.0 Å². The van der Waals surface area contributed by atoms with Crippen molar-refractivity contribution in [2.24, 2.45) is 0 Å². The van der Waals surface area contributed by atoms with E-state index in [1.807, 2.05) is 27.7 Å². The maximum absolute atomic E-state index is 12.2. The van der Waals surface area contributed by atoms with Crippen molar-refractivity contribution in [2.75, 3.05) is 6.61 Å². The van der Waals surface area contributed by atoms with Crippen LogP contribution in [0.25, 0.3) is 10.5 Å². The molecule has 0 radical (unpaired) electrons. The fourth-order valence-corrected chi connectivity index (χ4v) is 6.32. The number of allylic oxidation sites excluding steroid dienone is 1. The van der Waals surface area contributed by atoms with E-state index < -0.39 is 22.4 Å². The van der Waals surface area contributed by atoms with Crippen LogP contribution < -0.4 is 4.74 Å². The number of aryl methyl sites for hydroxylation is 1. The molecule has 2 aliphatic heterocycles. The number of thioether (sulfide) groups is 1. The van der Waals surface area contributed by atoms with E-state index in [2.05, 4.69) is 35.0 Å². The van der Waals surface area contributed by atoms with Crippen molar-refractivity contribution in [3.8, 4) is 5.75 Å². The van der Waals surface area contributed by atoms with E-state index in [9.17, 15) is 9.90 Å². The number of carbonyl (C=O) groups is 1. The van der Waals surface area contributed by atoms with Gasteiger partial charge < -0.3 is 14.6 Å². The van der Waals surface area contributed by atoms with Crippen molar-refractivity contribution in [2.45, 2.75) is 63.4 Å². The molecule has 2 aromatic rings. The van der Waals surface area contributed by atoms with Crippen LogP contribution in [-0.4, -0.2) is 34.1 Å². The third-order valence-corrected chi connectivity index (χ3v) is 7.62. The van der Waals surface area contributed by atoms with Crippen molar-refractivity contribution in [1.29, 1.82) is 0 Å². The Kier molecular flexibility index (Phi) is 5.77. The number of benzene rings is 1. The van der Waals surface area contributed by atoms with Gasteiger partial charge in [0.2, 0.25) is 0 Å². The summed E-state index contributed by atoms with van der Waals surface area (Å²) < 4.78 is 11.3. The second-order valence-electron chi connectivity index (χ2n) is 9.13. The normalized spacial score (nSPS) is 22.5. The highest BCUT2D eigenvalue weighted by molar-refractivity contribution is 8.10. The lowest BCUT2D eigenvalue weighted by atomic mass is 9.88. The molecule has 1 aromatic carbocycles. The Morgan fingerprint density at radius 2 is 2.07 bits per heavy atom. The van der Waals surface area contributed by atoms with Gasteiger partial charge in [0, 0.05) is 4.91 Å². The summed E-state index contributed by atoms with van der Waals surface area (Å²) in [7, 11) is 0. The molecule has 1 N–H and O–H groups in total. The van der Waals surface area contributed by atoms with Gasteiger partial charge in [-0.2, -0.15) is 11.3 Å². The molecule has 2 atom stereocenters. The fourth-order valence-electron chi connectivity index (χ4n) is 4.11. The van der Waals surface area contributed by atoms with Gasteiger partial charge in [-0.25, -0.2) is 4.79 Å². The maximum Gasteiger partial charge on any atom is 0.334 e. The average Bonchev–Trinajstić information content (AvgIpc) is 3.33. The van der Waals surface area contributed by atoms with Crippen LogP contribution in [-0.2, 0) is 16.0 Å². The van der Waals surface area contributed by atoms with Crippen molar-refractivity contribution in [1.82, 2.24) is 0 Å². The van der Waals surface area contributed by atoms with Crippen molar-refractivity contribution < 1.29 is 19.4 Å². The molecule has 6 heteroatoms. The fraction of sp³-hybridized carbons (Fsp3) is 0.458. The second-order valence-corrected chi connectivity index (χ2v) is 11.5. The van der Waals surface area contributed by atoms with Crippen LogP contribution in [0.1, 0.15) is 57.2 Å². The first kappa shape index (κ1) is 21.5. The topological polar surface area (TPSA) is 55.8 Å². The quantitative estimate of drug-likeness (QED) is 0.603. The number of thiophene rings is 1. The predicted molar refractivity (Wildman–Crippen MR) is 124 cm³/mol. The van der Waals surface area contributed by atoms with Crippen molar-refractivity contribution >= 4 is 39.5 Å². The molecule has 30 heavy (non-hydrogen) atoms. The number of fused-ring (bicyclic) bond motifs is 1. The molecule has 0 saturated heterocycles. The Bertz CT molecular complexity index is 972. The monoisotopic (exact) mass is 444 g/mol. The zero-order valence-electron chi connectivity index (χ0n) is 17.9. The summed E-state index contributed by atoms with van der Waals surface area (Å²) in [6, 6.07) is 8.50. The van der Waals surface area contributed by atoms with E-state index >= 15 is 0 Å². The number of hydrogen-bond donors (Lipinski definition) is 1. The van der Waals surface area contributed by atoms with Gasteiger partial charge in [-0.05, 0) is 98.2 Å². The lowest BCUT2D eigenvalue weighted by molar-refractivity contribution is -0.162. The first-order valence-corrected chi connectivity index (χ1v) is 12.0. The Labute approximate surface area is 186 Å². The maximum atomic E-state index is 12.2. The molecule has 3 heterocycles. The zero-order valence-corrected chi connectivity index (χ0v) is 19.5. The van der Waals surface area contributed by atoms with Gasteiger partial charge >= 0.3 is 5.97 Å². The average molecular weight is 445 g/mol. The Morgan fingerprint density at radius 3 is 2.73 bits per heavy atom. The van der Waals surface area contributed by atoms with Crippen LogP contribution in [0.2, 0.25) is 0 Å². The molecule has 0 fully saturated rings. The summed E-state index contributed by atoms with van der Waals surface area (Å²) in [6.07, 6.45) is 1.77. The van der Waals surface area contributed by atoms with E-state index in [4.69, 9.17) is 9.47 Å². The summed E-state index contributed by atoms with van der Waals surface area (Å²) in [4.78, 5) is 13.4. The van der Waals surface area contributed by atoms with Gasteiger partial charge in [-0.15, -0.1) is 11.8 Å². The van der Waals surface area contributed by atoms with E-state index in [-0.39, 0.29) is 0 Å². The van der Waals surface area contributed by atoms with Crippen molar-refractivity contribution in [3.05, 3.63) is 51.7 Å². The third-order valence-electron chi connectivity index (χ3n) is 5.43. The molecule has 0 amide bonds. The van der Waals surface area contributed by atoms with Gasteiger partial charge in [0.15, 0.2) is 6.10 Å². The molecule has 0 bridgehead atoms. The summed E-state index contributed by atoms with van der Waals surface area (Å²) in [5.74, 6) is 0.0558. The summed E-state index contributed by atoms with van der Waals surface area (Å²) in [5, 5.41) is 14.2. The van der Waals surface area contributed by atoms with Crippen LogP contribution in [0.4, 0.5) is 0 Å². The Hall–Kier alpha value is -1.76. The van der Waals surface area contributed by atoms with E-state index in [0.717, 1.165) is 41.2 Å². The first-order chi connectivity index (χ1) is 14.2. The Balaban J connectivity index is 1.75. The number of carboxylic acids is 1. The molecule has 4 nitrogen and oxygen atoms in total. The van der Waals surface area contributed by atoms with E-state index in [1.165, 1.54) is 11.1 Å². The number of aliphatic carboxylic acids is 1. The first-order valence-electron chi connectivity index (χ1n) is 10.3. The molecule has 4 rings (SSSR count). The highest BCUT2D eigenvalue weighted by Gasteiger charge is 2.48. The molecule has 0 saturated carbocycles. The van der Waals surface area contributed by atoms with Crippen LogP contribution >= 0.6 is 23.1 Å². The van der Waals surface area contributed by atoms with Crippen LogP contribution in [0.15, 0.2) is 35.0 Å². The smallest absolute Gasteiger partial charge is 0.334 e. The second kappa shape index (κ2) is 8.06. The minimum Gasteiger partial charge on any atom is -0.493 e. The van der Waals surface area contributed by atoms with E-state index in [0.29, 0.717) is 6.42 Å². The van der Waals surface area contributed by atoms with Crippen LogP contribution in [0.3, 0.4) is 0 Å². The van der Waals surface area contributed by atoms with Gasteiger partial charge in [-0.3, -0.25) is 0 Å². The summed E-state index contributed by atoms with van der Waals surface area (Å²) in [6.45, 7) is 8.51. The minimum atomic E-state index is -0.912. The molecule has 0 aliphatic carbocycles. The number of rotatable bonds is 5. The molecular formula is C24H28O4S2. The molecular weight excluding hydrogens is 416 g/mol. The number of carboxylic acid groups (broad SMARTS) is 1. The van der Waals surface area contributed by atoms with Crippen LogP contribution in [0, 0.1) is 0 Å². The standard InChI is InChI=1S/C24H28O4S2/c1-23(2,3)28-21(22(25)26)24(4)13-18(20(30-24)17-9-11-29-14-17)15-7-8-19-16(12-15)6-5-10-27-19/h7-9,11-12,14,21H,5-6,10,13H2,1-4H3,(H,25,26). The molecule has 1 aromatic heterocycles. The largest absolute Gasteiger partial charge is 0.493 e. The highest BCUT2D eigenvalue weighted by Crippen LogP contribution is 2.57. The molecule has 2 aliphatic rings. The number of hydrogen-bond acceptors (Lipinski definition) is 5. The lowest BCUT2D eigenvalue weighted by Gasteiger charge is -2.35. The van der Waals surface area contributed by atoms with Gasteiger partial charge in [0.25, 0.3) is 0 Å². The van der Waals surface area contributed by atoms with E-state index in [1.54, 1.807) is 23.1 Å². The lowest BCUT2D eigenvalue weighted by Crippen LogP contribution is -2.46. The summed E-state index contributed by atoms with van der Waals surface area (Å²) >= 11 is 3.29. The third kappa shape index (κ3) is 4.32. The minimum absolute atomic E-state index is 0.541. The Morgan fingerprint density at radius 1 is 1.27 bits per heavy atom. The molecule has 0 spiro atoms. The molecule has 160 valence electrons. The number of ether oxygens (including phenoxy) is 2. The van der Waals surface area contributed by atoms with Crippen LogP contribution in [0.5, 0.6) is 5.75 Å². The SMILES string of the molecule is CC(C)(C)OC(C(=O)O)C1(C)CC(c2ccc3c(c2)CCCO3)=C(c2ccsc2)S1. The predicted octanol–water partition coefficient (Wildman–Crippen LogP) is 6.11. The highest BCUT2D eigenvalue weighted by atomic mass is 32.2. The molecule has 2 unspecified atom stereocenters. The summed E-state index contributed by atoms with van der Waals surface area (Å²) in [5.41, 5.74) is 4.18.